The van der Waals surface area contributed by atoms with Gasteiger partial charge in [0.15, 0.2) is 5.13 Å². The van der Waals surface area contributed by atoms with Crippen molar-refractivity contribution < 1.29 is 14.6 Å². The highest BCUT2D eigenvalue weighted by Gasteiger charge is 2.21. The van der Waals surface area contributed by atoms with E-state index in [0.29, 0.717) is 11.7 Å². The van der Waals surface area contributed by atoms with Crippen LogP contribution in [0.1, 0.15) is 22.3 Å². The van der Waals surface area contributed by atoms with E-state index < -0.39 is 5.97 Å². The molecule has 102 valence electrons. The molecule has 0 saturated heterocycles. The summed E-state index contributed by atoms with van der Waals surface area (Å²) < 4.78 is 4.98. The van der Waals surface area contributed by atoms with Gasteiger partial charge in [-0.15, -0.1) is 0 Å². The van der Waals surface area contributed by atoms with Gasteiger partial charge in [0.05, 0.1) is 12.3 Å². The van der Waals surface area contributed by atoms with E-state index in [9.17, 15) is 4.79 Å². The lowest BCUT2D eigenvalue weighted by atomic mass is 10.3. The van der Waals surface area contributed by atoms with E-state index in [4.69, 9.17) is 9.84 Å². The Morgan fingerprint density at radius 3 is 2.83 bits per heavy atom. The van der Waals surface area contributed by atoms with Crippen LogP contribution in [0.15, 0.2) is 0 Å². The molecule has 7 heteroatoms. The Bertz CT molecular complexity index is 409. The molecule has 18 heavy (non-hydrogen) atoms. The predicted molar refractivity (Wildman–Crippen MR) is 76.0 cm³/mol. The number of methoxy groups -OCH3 is 1. The number of carboxylic acid groups (broad SMARTS) is 1. The van der Waals surface area contributed by atoms with Gasteiger partial charge in [-0.3, -0.25) is 0 Å². The molecule has 1 heterocycles. The topological polar surface area (TPSA) is 62.7 Å². The van der Waals surface area contributed by atoms with Crippen LogP contribution in [0.4, 0.5) is 5.13 Å². The van der Waals surface area contributed by atoms with Gasteiger partial charge in [0.2, 0.25) is 0 Å². The molecule has 0 spiro atoms. The average molecular weight is 290 g/mol. The zero-order valence-corrected chi connectivity index (χ0v) is 12.6. The van der Waals surface area contributed by atoms with Crippen molar-refractivity contribution in [3.05, 3.63) is 10.6 Å². The third-order valence-corrected chi connectivity index (χ3v) is 4.52. The largest absolute Gasteiger partial charge is 0.477 e. The van der Waals surface area contributed by atoms with Gasteiger partial charge in [0.25, 0.3) is 0 Å². The lowest BCUT2D eigenvalue weighted by molar-refractivity contribution is 0.0697. The molecule has 0 aliphatic carbocycles. The maximum absolute atomic E-state index is 11.1. The molecule has 5 nitrogen and oxygen atoms in total. The number of thiazole rings is 1. The van der Waals surface area contributed by atoms with Gasteiger partial charge < -0.3 is 14.7 Å². The Morgan fingerprint density at radius 1 is 1.67 bits per heavy atom. The summed E-state index contributed by atoms with van der Waals surface area (Å²) in [5, 5.41) is 9.84. The lowest BCUT2D eigenvalue weighted by Gasteiger charge is -2.23. The van der Waals surface area contributed by atoms with Gasteiger partial charge in [-0.1, -0.05) is 11.3 Å². The molecule has 0 aliphatic heterocycles. The fourth-order valence-corrected chi connectivity index (χ4v) is 3.11. The molecule has 1 rings (SSSR count). The van der Waals surface area contributed by atoms with Gasteiger partial charge in [-0.2, -0.15) is 11.8 Å². The van der Waals surface area contributed by atoms with Gasteiger partial charge in [0, 0.05) is 26.0 Å². The summed E-state index contributed by atoms with van der Waals surface area (Å²) in [5.74, 6) is 0.0229. The summed E-state index contributed by atoms with van der Waals surface area (Å²) in [6.07, 6.45) is 2.05. The molecule has 1 atom stereocenters. The minimum atomic E-state index is -0.947. The second-order valence-corrected chi connectivity index (χ2v) is 5.81. The van der Waals surface area contributed by atoms with Crippen molar-refractivity contribution >= 4 is 34.2 Å². The van der Waals surface area contributed by atoms with Crippen LogP contribution in [-0.4, -0.2) is 48.3 Å². The summed E-state index contributed by atoms with van der Waals surface area (Å²) in [6, 6.07) is 0.309. The number of thioether (sulfide) groups is 1. The quantitative estimate of drug-likeness (QED) is 0.830. The van der Waals surface area contributed by atoms with Gasteiger partial charge >= 0.3 is 5.97 Å². The molecular weight excluding hydrogens is 272 g/mol. The van der Waals surface area contributed by atoms with Crippen molar-refractivity contribution in [2.75, 3.05) is 31.1 Å². The van der Waals surface area contributed by atoms with Crippen molar-refractivity contribution in [3.63, 3.8) is 0 Å². The van der Waals surface area contributed by atoms with Gasteiger partial charge in [-0.05, 0) is 13.2 Å². The Balaban J connectivity index is 2.96. The second kappa shape index (κ2) is 6.96. The van der Waals surface area contributed by atoms with Crippen LogP contribution in [0.3, 0.4) is 0 Å². The van der Waals surface area contributed by atoms with E-state index in [1.807, 2.05) is 18.2 Å². The lowest BCUT2D eigenvalue weighted by Crippen LogP contribution is -2.30. The Hall–Kier alpha value is -0.790. The van der Waals surface area contributed by atoms with Crippen LogP contribution in [0.2, 0.25) is 0 Å². The van der Waals surface area contributed by atoms with Crippen molar-refractivity contribution in [2.45, 2.75) is 19.6 Å². The van der Waals surface area contributed by atoms with Crippen molar-refractivity contribution in [1.82, 2.24) is 4.98 Å². The van der Waals surface area contributed by atoms with Crippen LogP contribution in [0, 0.1) is 0 Å². The van der Waals surface area contributed by atoms with Crippen LogP contribution < -0.4 is 4.90 Å². The SMILES string of the molecule is COCc1nc(N(C)C(C)CSC)sc1C(=O)O. The molecule has 1 aromatic heterocycles. The normalized spacial score (nSPS) is 12.4. The van der Waals surface area contributed by atoms with Gasteiger partial charge in [-0.25, -0.2) is 9.78 Å². The first-order valence-corrected chi connectivity index (χ1v) is 7.66. The van der Waals surface area contributed by atoms with E-state index in [2.05, 4.69) is 11.9 Å². The summed E-state index contributed by atoms with van der Waals surface area (Å²) in [7, 11) is 3.46. The first-order chi connectivity index (χ1) is 8.51. The Kier molecular flexibility index (Phi) is 5.90. The molecule has 0 amide bonds. The number of aromatic nitrogens is 1. The molecule has 0 radical (unpaired) electrons. The minimum Gasteiger partial charge on any atom is -0.477 e. The number of aromatic carboxylic acids is 1. The number of hydrogen-bond acceptors (Lipinski definition) is 6. The van der Waals surface area contributed by atoms with E-state index >= 15 is 0 Å². The number of hydrogen-bond donors (Lipinski definition) is 1. The van der Waals surface area contributed by atoms with Crippen molar-refractivity contribution in [2.24, 2.45) is 0 Å². The summed E-state index contributed by atoms with van der Waals surface area (Å²) in [4.78, 5) is 17.7. The first kappa shape index (κ1) is 15.3. The second-order valence-electron chi connectivity index (χ2n) is 3.93. The highest BCUT2D eigenvalue weighted by Crippen LogP contribution is 2.27. The third kappa shape index (κ3) is 3.60. The monoisotopic (exact) mass is 290 g/mol. The average Bonchev–Trinajstić information content (AvgIpc) is 2.73. The van der Waals surface area contributed by atoms with Crippen LogP contribution in [0.5, 0.6) is 0 Å². The fraction of sp³-hybridized carbons (Fsp3) is 0.636. The summed E-state index contributed by atoms with van der Waals surface area (Å²) >= 11 is 2.95. The smallest absolute Gasteiger partial charge is 0.347 e. The number of ether oxygens (including phenoxy) is 1. The Morgan fingerprint density at radius 2 is 2.33 bits per heavy atom. The molecule has 1 aromatic rings. The summed E-state index contributed by atoms with van der Waals surface area (Å²) in [6.45, 7) is 2.32. The molecule has 0 bridgehead atoms. The number of anilines is 1. The maximum Gasteiger partial charge on any atom is 0.347 e. The number of carboxylic acids is 1. The third-order valence-electron chi connectivity index (χ3n) is 2.53. The van der Waals surface area contributed by atoms with Crippen LogP contribution in [-0.2, 0) is 11.3 Å². The zero-order chi connectivity index (χ0) is 13.7. The molecule has 0 aromatic carbocycles. The van der Waals surface area contributed by atoms with Crippen LogP contribution >= 0.6 is 23.1 Å². The molecule has 1 unspecified atom stereocenters. The highest BCUT2D eigenvalue weighted by molar-refractivity contribution is 7.98. The molecular formula is C11H18N2O3S2. The van der Waals surface area contributed by atoms with E-state index in [1.54, 1.807) is 11.8 Å². The number of carbonyl (C=O) groups is 1. The van der Waals surface area contributed by atoms with E-state index in [-0.39, 0.29) is 11.5 Å². The fourth-order valence-electron chi connectivity index (χ4n) is 1.43. The Labute approximate surface area is 115 Å². The molecule has 0 fully saturated rings. The minimum absolute atomic E-state index is 0.225. The van der Waals surface area contributed by atoms with Gasteiger partial charge in [0.1, 0.15) is 4.88 Å². The summed E-state index contributed by atoms with van der Waals surface area (Å²) in [5.41, 5.74) is 0.494. The predicted octanol–water partition coefficient (Wildman–Crippen LogP) is 2.18. The molecule has 0 aliphatic rings. The highest BCUT2D eigenvalue weighted by atomic mass is 32.2. The zero-order valence-electron chi connectivity index (χ0n) is 11.0. The molecule has 1 N–H and O–H groups in total. The van der Waals surface area contributed by atoms with Crippen LogP contribution in [0.25, 0.3) is 0 Å². The standard InChI is InChI=1S/C11H18N2O3S2/c1-7(6-17-4)13(2)11-12-8(5-16-3)9(18-11)10(14)15/h7H,5-6H2,1-4H3,(H,14,15). The van der Waals surface area contributed by atoms with E-state index in [0.717, 1.165) is 10.9 Å². The maximum atomic E-state index is 11.1. The van der Waals surface area contributed by atoms with E-state index in [1.165, 1.54) is 18.4 Å². The molecule has 0 saturated carbocycles. The van der Waals surface area contributed by atoms with Crippen molar-refractivity contribution in [1.29, 1.82) is 0 Å². The van der Waals surface area contributed by atoms with Crippen molar-refractivity contribution in [3.8, 4) is 0 Å². The number of nitrogens with zero attached hydrogens (tertiary/aromatic N) is 2. The first-order valence-electron chi connectivity index (χ1n) is 5.45. The number of rotatable bonds is 7.